The van der Waals surface area contributed by atoms with Crippen LogP contribution in [0.1, 0.15) is 48.3 Å². The molecule has 1 spiro atoms. The predicted octanol–water partition coefficient (Wildman–Crippen LogP) is 5.33. The van der Waals surface area contributed by atoms with Crippen LogP contribution in [0.15, 0.2) is 60.8 Å². The van der Waals surface area contributed by atoms with Gasteiger partial charge in [0.15, 0.2) is 0 Å². The maximum Gasteiger partial charge on any atom is 0.338 e. The first-order chi connectivity index (χ1) is 17.0. The van der Waals surface area contributed by atoms with Gasteiger partial charge in [0.1, 0.15) is 0 Å². The first-order valence-corrected chi connectivity index (χ1v) is 12.4. The van der Waals surface area contributed by atoms with Gasteiger partial charge < -0.3 is 24.4 Å². The third kappa shape index (κ3) is 3.95. The van der Waals surface area contributed by atoms with E-state index in [1.807, 2.05) is 4.90 Å². The molecule has 3 aromatic rings. The molecule has 1 saturated heterocycles. The molecule has 2 aliphatic rings. The van der Waals surface area contributed by atoms with Crippen molar-refractivity contribution in [3.8, 4) is 5.69 Å². The van der Waals surface area contributed by atoms with E-state index in [0.29, 0.717) is 30.9 Å². The number of carbonyl (C=O) groups excluding carboxylic acids is 2. The molecular formula is C28H32N4O3. The third-order valence-corrected chi connectivity index (χ3v) is 7.24. The monoisotopic (exact) mass is 472 g/mol. The summed E-state index contributed by atoms with van der Waals surface area (Å²) in [5.41, 5.74) is 5.87. The molecule has 1 N–H and O–H groups in total. The summed E-state index contributed by atoms with van der Waals surface area (Å²) in [7, 11) is 0. The van der Waals surface area contributed by atoms with Crippen LogP contribution < -0.4 is 10.2 Å². The third-order valence-electron chi connectivity index (χ3n) is 7.24. The number of aromatic nitrogens is 1. The maximum absolute atomic E-state index is 13.1. The van der Waals surface area contributed by atoms with Crippen molar-refractivity contribution in [2.75, 3.05) is 36.5 Å². The molecule has 0 bridgehead atoms. The SMILES string of the molecule is CCOC(=O)c1cccc(NC(=O)N2CCC3(CC2)c2cccn2-c2ccc(C)cc2N3CC)c1. The minimum atomic E-state index is -0.390. The molecular weight excluding hydrogens is 440 g/mol. The van der Waals surface area contributed by atoms with Gasteiger partial charge in [0, 0.05) is 37.2 Å². The lowest BCUT2D eigenvalue weighted by atomic mass is 9.80. The smallest absolute Gasteiger partial charge is 0.338 e. The quantitative estimate of drug-likeness (QED) is 0.522. The highest BCUT2D eigenvalue weighted by molar-refractivity contribution is 5.94. The van der Waals surface area contributed by atoms with Crippen LogP contribution in [-0.4, -0.2) is 47.7 Å². The second-order valence-electron chi connectivity index (χ2n) is 9.25. The van der Waals surface area contributed by atoms with Gasteiger partial charge in [0.2, 0.25) is 0 Å². The van der Waals surface area contributed by atoms with E-state index in [-0.39, 0.29) is 17.5 Å². The average molecular weight is 473 g/mol. The highest BCUT2D eigenvalue weighted by Gasteiger charge is 2.46. The number of anilines is 2. The van der Waals surface area contributed by atoms with Crippen molar-refractivity contribution < 1.29 is 14.3 Å². The highest BCUT2D eigenvalue weighted by atomic mass is 16.5. The topological polar surface area (TPSA) is 66.8 Å². The molecule has 0 atom stereocenters. The lowest BCUT2D eigenvalue weighted by Gasteiger charge is -2.53. The Bertz CT molecular complexity index is 1260. The number of carbonyl (C=O) groups is 2. The molecule has 0 saturated carbocycles. The molecule has 1 aromatic heterocycles. The van der Waals surface area contributed by atoms with Crippen LogP contribution >= 0.6 is 0 Å². The van der Waals surface area contributed by atoms with Gasteiger partial charge in [-0.3, -0.25) is 0 Å². The fourth-order valence-electron chi connectivity index (χ4n) is 5.61. The zero-order valence-corrected chi connectivity index (χ0v) is 20.6. The number of fused-ring (bicyclic) bond motifs is 4. The van der Waals surface area contributed by atoms with E-state index in [9.17, 15) is 9.59 Å². The molecule has 3 heterocycles. The van der Waals surface area contributed by atoms with Gasteiger partial charge in [0.05, 0.1) is 29.1 Å². The zero-order valence-electron chi connectivity index (χ0n) is 20.6. The van der Waals surface area contributed by atoms with Gasteiger partial charge in [-0.1, -0.05) is 12.1 Å². The van der Waals surface area contributed by atoms with Crippen LogP contribution in [-0.2, 0) is 10.3 Å². The van der Waals surface area contributed by atoms with Crippen molar-refractivity contribution >= 4 is 23.4 Å². The molecule has 2 aromatic carbocycles. The van der Waals surface area contributed by atoms with E-state index in [0.717, 1.165) is 19.4 Å². The van der Waals surface area contributed by atoms with Crippen LogP contribution in [0.3, 0.4) is 0 Å². The van der Waals surface area contributed by atoms with Crippen molar-refractivity contribution in [3.05, 3.63) is 77.6 Å². The number of benzene rings is 2. The number of likely N-dealkylation sites (tertiary alicyclic amines) is 1. The van der Waals surface area contributed by atoms with Crippen molar-refractivity contribution in [2.24, 2.45) is 0 Å². The normalized spacial score (nSPS) is 16.0. The van der Waals surface area contributed by atoms with Crippen LogP contribution in [0.5, 0.6) is 0 Å². The number of ether oxygens (including phenoxy) is 1. The summed E-state index contributed by atoms with van der Waals surface area (Å²) >= 11 is 0. The maximum atomic E-state index is 13.1. The van der Waals surface area contributed by atoms with E-state index in [1.54, 1.807) is 31.2 Å². The first kappa shape index (κ1) is 23.0. The Morgan fingerprint density at radius 3 is 2.54 bits per heavy atom. The summed E-state index contributed by atoms with van der Waals surface area (Å²) in [6.07, 6.45) is 3.83. The molecule has 5 rings (SSSR count). The van der Waals surface area contributed by atoms with Gasteiger partial charge in [-0.15, -0.1) is 0 Å². The van der Waals surface area contributed by atoms with Crippen molar-refractivity contribution in [1.82, 2.24) is 9.47 Å². The number of amides is 2. The molecule has 2 aliphatic heterocycles. The summed E-state index contributed by atoms with van der Waals surface area (Å²) in [4.78, 5) is 29.6. The average Bonchev–Trinajstić information content (AvgIpc) is 3.36. The van der Waals surface area contributed by atoms with E-state index in [4.69, 9.17) is 4.74 Å². The lowest BCUT2D eigenvalue weighted by Crippen LogP contribution is -2.57. The van der Waals surface area contributed by atoms with E-state index in [2.05, 4.69) is 65.2 Å². The number of hydrogen-bond acceptors (Lipinski definition) is 4. The Morgan fingerprint density at radius 2 is 1.80 bits per heavy atom. The Hall–Kier alpha value is -3.74. The molecule has 0 aliphatic carbocycles. The molecule has 1 fully saturated rings. The number of urea groups is 1. The molecule has 0 radical (unpaired) electrons. The fourth-order valence-corrected chi connectivity index (χ4v) is 5.61. The number of rotatable bonds is 4. The Labute approximate surface area is 206 Å². The second-order valence-corrected chi connectivity index (χ2v) is 9.25. The Morgan fingerprint density at radius 1 is 1.00 bits per heavy atom. The molecule has 7 heteroatoms. The highest BCUT2D eigenvalue weighted by Crippen LogP contribution is 2.48. The predicted molar refractivity (Wildman–Crippen MR) is 137 cm³/mol. The summed E-state index contributed by atoms with van der Waals surface area (Å²) in [6.45, 7) is 8.62. The molecule has 7 nitrogen and oxygen atoms in total. The van der Waals surface area contributed by atoms with E-state index < -0.39 is 0 Å². The minimum Gasteiger partial charge on any atom is -0.462 e. The number of hydrogen-bond donors (Lipinski definition) is 1. The molecule has 182 valence electrons. The zero-order chi connectivity index (χ0) is 24.6. The summed E-state index contributed by atoms with van der Waals surface area (Å²) in [6, 6.07) is 17.7. The largest absolute Gasteiger partial charge is 0.462 e. The van der Waals surface area contributed by atoms with Crippen LogP contribution in [0, 0.1) is 6.92 Å². The van der Waals surface area contributed by atoms with E-state index >= 15 is 0 Å². The van der Waals surface area contributed by atoms with Gasteiger partial charge >= 0.3 is 12.0 Å². The number of piperidine rings is 1. The lowest BCUT2D eigenvalue weighted by molar-refractivity contribution is 0.0526. The molecule has 35 heavy (non-hydrogen) atoms. The number of nitrogens with zero attached hydrogens (tertiary/aromatic N) is 3. The standard InChI is InChI=1S/C28H32N4O3/c1-4-32-24-18-20(3)11-12-23(24)31-15-7-10-25(31)28(32)13-16-30(17-14-28)27(34)29-22-9-6-8-21(19-22)26(33)35-5-2/h6-12,15,18-19H,4-5,13-14,16-17H2,1-3H3,(H,29,34). The summed E-state index contributed by atoms with van der Waals surface area (Å²) in [5.74, 6) is -0.390. The number of nitrogens with one attached hydrogen (secondary N) is 1. The minimum absolute atomic E-state index is 0.147. The Kier molecular flexibility index (Phi) is 6.01. The van der Waals surface area contributed by atoms with Gasteiger partial charge in [-0.25, -0.2) is 9.59 Å². The van der Waals surface area contributed by atoms with Gasteiger partial charge in [-0.05, 0) is 81.6 Å². The van der Waals surface area contributed by atoms with Crippen LogP contribution in [0.25, 0.3) is 5.69 Å². The first-order valence-electron chi connectivity index (χ1n) is 12.4. The summed E-state index contributed by atoms with van der Waals surface area (Å²) in [5, 5.41) is 2.96. The van der Waals surface area contributed by atoms with Crippen molar-refractivity contribution in [1.29, 1.82) is 0 Å². The summed E-state index contributed by atoms with van der Waals surface area (Å²) < 4.78 is 7.39. The van der Waals surface area contributed by atoms with Crippen LogP contribution in [0.4, 0.5) is 16.2 Å². The van der Waals surface area contributed by atoms with Gasteiger partial charge in [-0.2, -0.15) is 0 Å². The molecule has 0 unspecified atom stereocenters. The number of aryl methyl sites for hydroxylation is 1. The van der Waals surface area contributed by atoms with Crippen LogP contribution in [0.2, 0.25) is 0 Å². The molecule has 2 amide bonds. The second kappa shape index (κ2) is 9.13. The van der Waals surface area contributed by atoms with Crippen molar-refractivity contribution in [3.63, 3.8) is 0 Å². The van der Waals surface area contributed by atoms with Gasteiger partial charge in [0.25, 0.3) is 0 Å². The fraction of sp³-hybridized carbons (Fsp3) is 0.357. The van der Waals surface area contributed by atoms with E-state index in [1.165, 1.54) is 22.6 Å². The number of esters is 1. The van der Waals surface area contributed by atoms with Crippen molar-refractivity contribution in [2.45, 2.75) is 39.2 Å². The Balaban J connectivity index is 1.35.